The standard InChI is InChI=1S/2C6H10O4/c1-4(6(9)10)2-3-5(7)8;7-5(8)3-1-2-4-6(9)10/h4H,2-3H2,1H3,(H,7,8)(H,9,10);1-4H2,(H,7,8)(H,9,10). The van der Waals surface area contributed by atoms with Crippen LogP contribution in [0.3, 0.4) is 0 Å². The zero-order valence-corrected chi connectivity index (χ0v) is 11.2. The van der Waals surface area contributed by atoms with E-state index in [1.54, 1.807) is 0 Å². The number of unbranched alkanes of at least 4 members (excludes halogenated alkanes) is 1. The molecule has 0 amide bonds. The fourth-order valence-corrected chi connectivity index (χ4v) is 1.02. The van der Waals surface area contributed by atoms with Gasteiger partial charge in [0.15, 0.2) is 0 Å². The third-order valence-corrected chi connectivity index (χ3v) is 2.24. The highest BCUT2D eigenvalue weighted by Gasteiger charge is 2.11. The highest BCUT2D eigenvalue weighted by Crippen LogP contribution is 2.04. The van der Waals surface area contributed by atoms with Gasteiger partial charge in [-0.05, 0) is 19.3 Å². The van der Waals surface area contributed by atoms with Crippen LogP contribution in [0, 0.1) is 5.92 Å². The van der Waals surface area contributed by atoms with Crippen LogP contribution in [0.4, 0.5) is 0 Å². The Morgan fingerprint density at radius 2 is 1.10 bits per heavy atom. The van der Waals surface area contributed by atoms with E-state index in [9.17, 15) is 19.2 Å². The minimum atomic E-state index is -0.951. The van der Waals surface area contributed by atoms with Crippen LogP contribution in [0.15, 0.2) is 0 Å². The second-order valence-electron chi connectivity index (χ2n) is 4.17. The molecule has 0 fully saturated rings. The summed E-state index contributed by atoms with van der Waals surface area (Å²) in [4.78, 5) is 39.8. The fourth-order valence-electron chi connectivity index (χ4n) is 1.02. The lowest BCUT2D eigenvalue weighted by atomic mass is 10.1. The summed E-state index contributed by atoms with van der Waals surface area (Å²) < 4.78 is 0. The van der Waals surface area contributed by atoms with Gasteiger partial charge < -0.3 is 20.4 Å². The van der Waals surface area contributed by atoms with Crippen molar-refractivity contribution in [1.29, 1.82) is 0 Å². The van der Waals surface area contributed by atoms with Crippen LogP contribution in [-0.4, -0.2) is 44.3 Å². The second kappa shape index (κ2) is 11.9. The highest BCUT2D eigenvalue weighted by atomic mass is 16.4. The Kier molecular flexibility index (Phi) is 12.1. The molecule has 0 spiro atoms. The van der Waals surface area contributed by atoms with Gasteiger partial charge in [-0.25, -0.2) is 0 Å². The maximum absolute atomic E-state index is 10.1. The summed E-state index contributed by atoms with van der Waals surface area (Å²) in [7, 11) is 0. The molecule has 0 saturated heterocycles. The molecular formula is C12H20O8. The van der Waals surface area contributed by atoms with Crippen LogP contribution >= 0.6 is 0 Å². The maximum Gasteiger partial charge on any atom is 0.306 e. The Bertz CT molecular complexity index is 320. The number of hydrogen-bond donors (Lipinski definition) is 4. The van der Waals surface area contributed by atoms with E-state index in [1.165, 1.54) is 6.92 Å². The zero-order chi connectivity index (χ0) is 16.1. The Morgan fingerprint density at radius 3 is 1.35 bits per heavy atom. The fraction of sp³-hybridized carbons (Fsp3) is 0.667. The van der Waals surface area contributed by atoms with Gasteiger partial charge in [0.2, 0.25) is 0 Å². The summed E-state index contributed by atoms with van der Waals surface area (Å²) in [5.41, 5.74) is 0. The molecule has 0 radical (unpaired) electrons. The molecule has 1 unspecified atom stereocenters. The van der Waals surface area contributed by atoms with Crippen molar-refractivity contribution >= 4 is 23.9 Å². The van der Waals surface area contributed by atoms with Crippen molar-refractivity contribution in [3.8, 4) is 0 Å². The quantitative estimate of drug-likeness (QED) is 0.464. The van der Waals surface area contributed by atoms with Crippen LogP contribution in [0.5, 0.6) is 0 Å². The van der Waals surface area contributed by atoms with Crippen molar-refractivity contribution in [3.05, 3.63) is 0 Å². The van der Waals surface area contributed by atoms with Gasteiger partial charge in [0.25, 0.3) is 0 Å². The first-order chi connectivity index (χ1) is 9.16. The third-order valence-electron chi connectivity index (χ3n) is 2.24. The highest BCUT2D eigenvalue weighted by molar-refractivity contribution is 5.71. The van der Waals surface area contributed by atoms with E-state index in [2.05, 4.69) is 0 Å². The molecule has 8 nitrogen and oxygen atoms in total. The summed E-state index contributed by atoms with van der Waals surface area (Å²) in [5.74, 6) is -4.19. The van der Waals surface area contributed by atoms with Crippen LogP contribution in [0.1, 0.15) is 45.4 Å². The smallest absolute Gasteiger partial charge is 0.306 e. The molecule has 0 saturated carbocycles. The van der Waals surface area contributed by atoms with Gasteiger partial charge in [-0.15, -0.1) is 0 Å². The van der Waals surface area contributed by atoms with Crippen LogP contribution in [0.25, 0.3) is 0 Å². The molecule has 0 aliphatic rings. The summed E-state index contributed by atoms with van der Waals surface area (Å²) in [6, 6.07) is 0. The molecule has 20 heavy (non-hydrogen) atoms. The average molecular weight is 292 g/mol. The van der Waals surface area contributed by atoms with E-state index < -0.39 is 29.8 Å². The number of carboxylic acid groups (broad SMARTS) is 4. The lowest BCUT2D eigenvalue weighted by Crippen LogP contribution is -2.11. The predicted molar refractivity (Wildman–Crippen MR) is 67.4 cm³/mol. The van der Waals surface area contributed by atoms with Crippen molar-refractivity contribution in [2.24, 2.45) is 5.92 Å². The first-order valence-corrected chi connectivity index (χ1v) is 6.05. The van der Waals surface area contributed by atoms with Crippen molar-refractivity contribution in [3.63, 3.8) is 0 Å². The second-order valence-corrected chi connectivity index (χ2v) is 4.17. The lowest BCUT2D eigenvalue weighted by molar-refractivity contribution is -0.142. The van der Waals surface area contributed by atoms with Crippen molar-refractivity contribution < 1.29 is 39.6 Å². The molecule has 1 atom stereocenters. The Balaban J connectivity index is 0. The molecular weight excluding hydrogens is 272 g/mol. The largest absolute Gasteiger partial charge is 0.481 e. The minimum Gasteiger partial charge on any atom is -0.481 e. The normalized spacial score (nSPS) is 10.8. The summed E-state index contributed by atoms with van der Waals surface area (Å²) in [6.45, 7) is 1.49. The van der Waals surface area contributed by atoms with E-state index in [1.807, 2.05) is 0 Å². The summed E-state index contributed by atoms with van der Waals surface area (Å²) in [6.07, 6.45) is 1.14. The maximum atomic E-state index is 10.1. The molecule has 0 aliphatic carbocycles. The Hall–Kier alpha value is -2.12. The molecule has 4 N–H and O–H groups in total. The van der Waals surface area contributed by atoms with Gasteiger partial charge in [-0.3, -0.25) is 19.2 Å². The molecule has 8 heteroatoms. The number of hydrogen-bond acceptors (Lipinski definition) is 4. The van der Waals surface area contributed by atoms with E-state index >= 15 is 0 Å². The average Bonchev–Trinajstić information content (AvgIpc) is 2.31. The number of carboxylic acids is 4. The molecule has 0 aliphatic heterocycles. The van der Waals surface area contributed by atoms with Gasteiger partial charge in [0, 0.05) is 19.3 Å². The van der Waals surface area contributed by atoms with E-state index in [-0.39, 0.29) is 25.7 Å². The minimum absolute atomic E-state index is 0.0628. The number of rotatable bonds is 9. The Morgan fingerprint density at radius 1 is 0.750 bits per heavy atom. The molecule has 0 rings (SSSR count). The number of aliphatic carboxylic acids is 4. The van der Waals surface area contributed by atoms with Crippen molar-refractivity contribution in [2.45, 2.75) is 45.4 Å². The molecule has 0 bridgehead atoms. The van der Waals surface area contributed by atoms with Gasteiger partial charge in [-0.1, -0.05) is 6.92 Å². The summed E-state index contributed by atoms with van der Waals surface area (Å²) >= 11 is 0. The van der Waals surface area contributed by atoms with E-state index in [4.69, 9.17) is 20.4 Å². The van der Waals surface area contributed by atoms with Gasteiger partial charge in [-0.2, -0.15) is 0 Å². The van der Waals surface area contributed by atoms with Crippen LogP contribution < -0.4 is 0 Å². The first-order valence-electron chi connectivity index (χ1n) is 6.05. The first kappa shape index (κ1) is 20.2. The Labute approximate surface area is 116 Å². The van der Waals surface area contributed by atoms with Crippen LogP contribution in [0.2, 0.25) is 0 Å². The van der Waals surface area contributed by atoms with Gasteiger partial charge in [0.05, 0.1) is 5.92 Å². The molecule has 116 valence electrons. The number of carbonyl (C=O) groups is 4. The van der Waals surface area contributed by atoms with Crippen LogP contribution in [-0.2, 0) is 19.2 Å². The third kappa shape index (κ3) is 18.3. The zero-order valence-electron chi connectivity index (χ0n) is 11.2. The van der Waals surface area contributed by atoms with Crippen molar-refractivity contribution in [2.75, 3.05) is 0 Å². The van der Waals surface area contributed by atoms with Crippen molar-refractivity contribution in [1.82, 2.24) is 0 Å². The van der Waals surface area contributed by atoms with Gasteiger partial charge >= 0.3 is 23.9 Å². The summed E-state index contributed by atoms with van der Waals surface area (Å²) in [5, 5.41) is 32.7. The van der Waals surface area contributed by atoms with E-state index in [0.29, 0.717) is 12.8 Å². The lowest BCUT2D eigenvalue weighted by Gasteiger charge is -2.01. The monoisotopic (exact) mass is 292 g/mol. The molecule has 0 aromatic carbocycles. The predicted octanol–water partition coefficient (Wildman–Crippen LogP) is 1.29. The topological polar surface area (TPSA) is 149 Å². The van der Waals surface area contributed by atoms with E-state index in [0.717, 1.165) is 0 Å². The SMILES string of the molecule is CC(CCC(=O)O)C(=O)O.O=C(O)CCCCC(=O)O. The molecule has 0 aromatic heterocycles. The molecule has 0 aromatic rings. The molecule has 0 heterocycles. The van der Waals surface area contributed by atoms with Gasteiger partial charge in [0.1, 0.15) is 0 Å².